The smallest absolute Gasteiger partial charge is 0.497 e. The number of allylic oxidation sites excluding steroid dienone is 1. The third kappa shape index (κ3) is 4.82. The Morgan fingerprint density at radius 2 is 1.46 bits per heavy atom. The van der Waals surface area contributed by atoms with Crippen molar-refractivity contribution in [2.45, 2.75) is 31.2 Å². The van der Waals surface area contributed by atoms with Gasteiger partial charge in [-0.25, -0.2) is 0 Å². The Labute approximate surface area is 200 Å². The molecule has 1 heterocycles. The minimum absolute atomic E-state index is 0.00636. The van der Waals surface area contributed by atoms with Gasteiger partial charge in [-0.15, -0.1) is 13.2 Å². The third-order valence-corrected chi connectivity index (χ3v) is 6.34. The summed E-state index contributed by atoms with van der Waals surface area (Å²) in [5, 5.41) is 6.88. The van der Waals surface area contributed by atoms with E-state index < -0.39 is 12.4 Å². The molecule has 0 saturated heterocycles. The van der Waals surface area contributed by atoms with Gasteiger partial charge >= 0.3 is 6.36 Å². The first kappa shape index (κ1) is 22.8. The van der Waals surface area contributed by atoms with Crippen LogP contribution in [0.15, 0.2) is 84.1 Å². The maximum absolute atomic E-state index is 13.5. The SMILES string of the molecule is COc1ccc([C@@H]2CC(=O)C3=C(C2)Nc2ccccc2N[C@@H]3c2ccc(OC(F)(F)F)cc2)cc1. The molecule has 35 heavy (non-hydrogen) atoms. The molecule has 2 aliphatic rings. The predicted molar refractivity (Wildman–Crippen MR) is 127 cm³/mol. The summed E-state index contributed by atoms with van der Waals surface area (Å²) >= 11 is 0. The minimum atomic E-state index is -4.77. The van der Waals surface area contributed by atoms with Gasteiger partial charge in [-0.3, -0.25) is 4.79 Å². The highest BCUT2D eigenvalue weighted by Gasteiger charge is 2.36. The lowest BCUT2D eigenvalue weighted by atomic mass is 9.78. The highest BCUT2D eigenvalue weighted by Crippen LogP contribution is 2.44. The zero-order valence-corrected chi connectivity index (χ0v) is 18.9. The van der Waals surface area contributed by atoms with Crippen LogP contribution in [-0.2, 0) is 4.79 Å². The second-order valence-electron chi connectivity index (χ2n) is 8.56. The summed E-state index contributed by atoms with van der Waals surface area (Å²) in [6.45, 7) is 0. The van der Waals surface area contributed by atoms with Gasteiger partial charge in [0.25, 0.3) is 0 Å². The largest absolute Gasteiger partial charge is 0.573 e. The number of rotatable bonds is 4. The van der Waals surface area contributed by atoms with Crippen LogP contribution in [0, 0.1) is 0 Å². The average Bonchev–Trinajstić information content (AvgIpc) is 3.00. The number of hydrogen-bond acceptors (Lipinski definition) is 5. The van der Waals surface area contributed by atoms with Crippen LogP contribution < -0.4 is 20.1 Å². The van der Waals surface area contributed by atoms with E-state index in [0.717, 1.165) is 28.4 Å². The first-order valence-electron chi connectivity index (χ1n) is 11.2. The molecule has 8 heteroatoms. The molecule has 2 atom stereocenters. The molecule has 180 valence electrons. The Morgan fingerprint density at radius 3 is 2.11 bits per heavy atom. The van der Waals surface area contributed by atoms with Crippen molar-refractivity contribution in [3.63, 3.8) is 0 Å². The zero-order valence-electron chi connectivity index (χ0n) is 18.9. The van der Waals surface area contributed by atoms with E-state index in [9.17, 15) is 18.0 Å². The Morgan fingerprint density at radius 1 is 0.829 bits per heavy atom. The number of nitrogens with one attached hydrogen (secondary N) is 2. The van der Waals surface area contributed by atoms with Crippen molar-refractivity contribution in [2.75, 3.05) is 17.7 Å². The number of carbonyl (C=O) groups excluding carboxylic acids is 1. The molecule has 0 amide bonds. The van der Waals surface area contributed by atoms with Crippen LogP contribution >= 0.6 is 0 Å². The van der Waals surface area contributed by atoms with Crippen LogP contribution in [-0.4, -0.2) is 19.3 Å². The lowest BCUT2D eigenvalue weighted by Crippen LogP contribution is -2.26. The van der Waals surface area contributed by atoms with Crippen LogP contribution in [0.4, 0.5) is 24.5 Å². The van der Waals surface area contributed by atoms with Gasteiger partial charge in [0, 0.05) is 17.7 Å². The number of hydrogen-bond donors (Lipinski definition) is 2. The van der Waals surface area contributed by atoms with Crippen LogP contribution in [0.25, 0.3) is 0 Å². The molecule has 5 nitrogen and oxygen atoms in total. The van der Waals surface area contributed by atoms with Gasteiger partial charge in [0.15, 0.2) is 5.78 Å². The number of ketones is 1. The van der Waals surface area contributed by atoms with Crippen molar-refractivity contribution in [1.82, 2.24) is 0 Å². The molecule has 0 fully saturated rings. The summed E-state index contributed by atoms with van der Waals surface area (Å²) in [6, 6.07) is 20.5. The van der Waals surface area contributed by atoms with Crippen molar-refractivity contribution in [2.24, 2.45) is 0 Å². The van der Waals surface area contributed by atoms with E-state index in [1.807, 2.05) is 48.5 Å². The molecule has 0 aromatic heterocycles. The first-order chi connectivity index (χ1) is 16.8. The quantitative estimate of drug-likeness (QED) is 0.442. The Hall–Kier alpha value is -3.94. The summed E-state index contributed by atoms with van der Waals surface area (Å²) in [5.41, 5.74) is 4.75. The second-order valence-corrected chi connectivity index (χ2v) is 8.56. The number of fused-ring (bicyclic) bond motifs is 1. The second kappa shape index (κ2) is 9.02. The van der Waals surface area contributed by atoms with Crippen LogP contribution in [0.3, 0.4) is 0 Å². The fraction of sp³-hybridized carbons (Fsp3) is 0.222. The van der Waals surface area contributed by atoms with Crippen molar-refractivity contribution in [3.8, 4) is 11.5 Å². The van der Waals surface area contributed by atoms with E-state index >= 15 is 0 Å². The molecule has 3 aromatic carbocycles. The number of Topliss-reactive ketones (excluding diaryl/α,β-unsaturated/α-hetero) is 1. The van der Waals surface area contributed by atoms with Gasteiger partial charge in [0.2, 0.25) is 0 Å². The van der Waals surface area contributed by atoms with Crippen molar-refractivity contribution >= 4 is 17.2 Å². The van der Waals surface area contributed by atoms with E-state index in [-0.39, 0.29) is 17.5 Å². The van der Waals surface area contributed by atoms with Crippen LogP contribution in [0.1, 0.15) is 35.9 Å². The van der Waals surface area contributed by atoms with E-state index in [2.05, 4.69) is 15.4 Å². The van der Waals surface area contributed by atoms with Crippen molar-refractivity contribution in [3.05, 3.63) is 95.2 Å². The molecular formula is C27H23F3N2O3. The highest BCUT2D eigenvalue weighted by molar-refractivity contribution is 6.01. The standard InChI is InChI=1S/C27H23F3N2O3/c1-34-19-10-6-16(7-11-19)18-14-23-25(24(33)15-18)26(32-22-5-3-2-4-21(22)31-23)17-8-12-20(13-9-17)35-27(28,29)30/h2-13,18,26,31-32H,14-15H2,1H3/t18-,26+/m0/s1. The maximum atomic E-state index is 13.5. The van der Waals surface area contributed by atoms with Gasteiger partial charge in [-0.2, -0.15) is 0 Å². The van der Waals surface area contributed by atoms with Gasteiger partial charge in [0.05, 0.1) is 24.5 Å². The van der Waals surface area contributed by atoms with Gasteiger partial charge < -0.3 is 20.1 Å². The maximum Gasteiger partial charge on any atom is 0.573 e. The predicted octanol–water partition coefficient (Wildman–Crippen LogP) is 6.57. The highest BCUT2D eigenvalue weighted by atomic mass is 19.4. The Balaban J connectivity index is 1.52. The molecule has 0 unspecified atom stereocenters. The van der Waals surface area contributed by atoms with Crippen molar-refractivity contribution in [1.29, 1.82) is 0 Å². The molecule has 0 bridgehead atoms. The van der Waals surface area contributed by atoms with Crippen LogP contribution in [0.2, 0.25) is 0 Å². The van der Waals surface area contributed by atoms with E-state index in [1.165, 1.54) is 12.1 Å². The third-order valence-electron chi connectivity index (χ3n) is 6.34. The number of alkyl halides is 3. The molecule has 0 spiro atoms. The number of carbonyl (C=O) groups is 1. The number of ether oxygens (including phenoxy) is 2. The number of halogens is 3. The van der Waals surface area contributed by atoms with Gasteiger partial charge in [-0.1, -0.05) is 36.4 Å². The molecule has 0 saturated carbocycles. The normalized spacial score (nSPS) is 19.6. The van der Waals surface area contributed by atoms with Gasteiger partial charge in [-0.05, 0) is 59.9 Å². The lowest BCUT2D eigenvalue weighted by molar-refractivity contribution is -0.274. The van der Waals surface area contributed by atoms with E-state index in [0.29, 0.717) is 24.0 Å². The Kier molecular flexibility index (Phi) is 5.88. The number of benzene rings is 3. The molecule has 3 aromatic rings. The molecule has 2 N–H and O–H groups in total. The monoisotopic (exact) mass is 480 g/mol. The fourth-order valence-corrected chi connectivity index (χ4v) is 4.72. The zero-order chi connectivity index (χ0) is 24.6. The number of para-hydroxylation sites is 2. The Bertz CT molecular complexity index is 1270. The summed E-state index contributed by atoms with van der Waals surface area (Å²) < 4.78 is 47.1. The number of anilines is 2. The molecule has 1 aliphatic heterocycles. The summed E-state index contributed by atoms with van der Waals surface area (Å²) in [7, 11) is 1.61. The van der Waals surface area contributed by atoms with Gasteiger partial charge in [0.1, 0.15) is 11.5 Å². The minimum Gasteiger partial charge on any atom is -0.497 e. The fourth-order valence-electron chi connectivity index (χ4n) is 4.72. The van der Waals surface area contributed by atoms with E-state index in [4.69, 9.17) is 4.74 Å². The summed E-state index contributed by atoms with van der Waals surface area (Å²) in [6.07, 6.45) is -3.82. The van der Waals surface area contributed by atoms with Crippen LogP contribution in [0.5, 0.6) is 11.5 Å². The lowest BCUT2D eigenvalue weighted by Gasteiger charge is -2.30. The summed E-state index contributed by atoms with van der Waals surface area (Å²) in [5.74, 6) is 0.422. The molecule has 5 rings (SSSR count). The topological polar surface area (TPSA) is 59.6 Å². The van der Waals surface area contributed by atoms with Crippen molar-refractivity contribution < 1.29 is 27.4 Å². The average molecular weight is 480 g/mol. The van der Waals surface area contributed by atoms with E-state index in [1.54, 1.807) is 19.2 Å². The molecule has 1 aliphatic carbocycles. The molecule has 0 radical (unpaired) electrons. The number of methoxy groups -OCH3 is 1. The molecular weight excluding hydrogens is 457 g/mol. The first-order valence-corrected chi connectivity index (χ1v) is 11.2. The summed E-state index contributed by atoms with van der Waals surface area (Å²) in [4.78, 5) is 13.5.